The Labute approximate surface area is 225 Å². The van der Waals surface area contributed by atoms with Gasteiger partial charge in [0, 0.05) is 47.7 Å². The van der Waals surface area contributed by atoms with Crippen LogP contribution in [0.4, 0.5) is 0 Å². The van der Waals surface area contributed by atoms with Crippen LogP contribution in [0.1, 0.15) is 95.0 Å². The van der Waals surface area contributed by atoms with E-state index in [0.29, 0.717) is 25.2 Å². The Hall–Kier alpha value is -1.90. The fraction of sp³-hybridized carbons (Fsp3) is 0.690. The number of ether oxygens (including phenoxy) is 2. The van der Waals surface area contributed by atoms with E-state index in [4.69, 9.17) is 14.6 Å². The highest BCUT2D eigenvalue weighted by molar-refractivity contribution is 7.99. The number of hydrogen-bond donors (Lipinski definition) is 2. The summed E-state index contributed by atoms with van der Waals surface area (Å²) in [7, 11) is 0. The molecule has 0 aromatic heterocycles. The van der Waals surface area contributed by atoms with Crippen LogP contribution >= 0.6 is 11.8 Å². The zero-order chi connectivity index (χ0) is 27.4. The van der Waals surface area contributed by atoms with Crippen molar-refractivity contribution < 1.29 is 34.1 Å². The third-order valence-electron chi connectivity index (χ3n) is 7.04. The van der Waals surface area contributed by atoms with Gasteiger partial charge in [0.15, 0.2) is 5.78 Å². The highest BCUT2D eigenvalue weighted by Crippen LogP contribution is 2.38. The fourth-order valence-corrected chi connectivity index (χ4v) is 6.26. The molecule has 208 valence electrons. The van der Waals surface area contributed by atoms with E-state index in [2.05, 4.69) is 13.8 Å². The minimum Gasteiger partial charge on any atom is -0.507 e. The maximum atomic E-state index is 12.3. The molecule has 1 saturated carbocycles. The quantitative estimate of drug-likeness (QED) is 0.140. The molecule has 8 heteroatoms. The number of phenolic OH excluding ortho intramolecular Hbond substituents is 1. The normalized spacial score (nSPS) is 21.6. The van der Waals surface area contributed by atoms with Crippen molar-refractivity contribution in [2.24, 2.45) is 11.8 Å². The van der Waals surface area contributed by atoms with Crippen LogP contribution in [0.3, 0.4) is 0 Å². The van der Waals surface area contributed by atoms with Gasteiger partial charge in [-0.3, -0.25) is 14.4 Å². The molecule has 7 nitrogen and oxygen atoms in total. The smallest absolute Gasteiger partial charge is 0.303 e. The molecule has 4 atom stereocenters. The van der Waals surface area contributed by atoms with Crippen LogP contribution in [0.2, 0.25) is 0 Å². The Morgan fingerprint density at radius 1 is 1.03 bits per heavy atom. The number of carbonyl (C=O) groups excluding carboxylic acids is 2. The number of carbonyl (C=O) groups is 3. The second-order valence-corrected chi connectivity index (χ2v) is 11.1. The second kappa shape index (κ2) is 16.1. The predicted molar refractivity (Wildman–Crippen MR) is 146 cm³/mol. The molecule has 0 bridgehead atoms. The van der Waals surface area contributed by atoms with E-state index in [-0.39, 0.29) is 47.8 Å². The van der Waals surface area contributed by atoms with E-state index < -0.39 is 5.97 Å². The SMILES string of the molecule is CCCc1c(SCCCOC2CCC(C(C)=O)C(OCCCC(=O)O)C2CCC)ccc(C(C)=O)c1O. The first-order valence-electron chi connectivity index (χ1n) is 13.6. The molecule has 1 fully saturated rings. The van der Waals surface area contributed by atoms with Crippen molar-refractivity contribution in [3.8, 4) is 5.75 Å². The molecule has 1 aliphatic carbocycles. The molecule has 0 amide bonds. The van der Waals surface area contributed by atoms with E-state index in [9.17, 15) is 19.5 Å². The van der Waals surface area contributed by atoms with Gasteiger partial charge in [0.25, 0.3) is 0 Å². The number of rotatable bonds is 17. The van der Waals surface area contributed by atoms with Gasteiger partial charge in [0.05, 0.1) is 17.8 Å². The maximum Gasteiger partial charge on any atom is 0.303 e. The molecule has 2 N–H and O–H groups in total. The number of phenols is 1. The highest BCUT2D eigenvalue weighted by atomic mass is 32.2. The molecule has 0 saturated heterocycles. The van der Waals surface area contributed by atoms with Gasteiger partial charge >= 0.3 is 5.97 Å². The number of carboxylic acid groups (broad SMARTS) is 1. The van der Waals surface area contributed by atoms with Crippen LogP contribution in [-0.4, -0.2) is 58.9 Å². The van der Waals surface area contributed by atoms with Gasteiger partial charge in [0.2, 0.25) is 0 Å². The van der Waals surface area contributed by atoms with Crippen molar-refractivity contribution in [2.45, 2.75) is 103 Å². The molecule has 0 spiro atoms. The molecule has 0 aliphatic heterocycles. The van der Waals surface area contributed by atoms with Crippen LogP contribution in [0.5, 0.6) is 5.75 Å². The first kappa shape index (κ1) is 31.3. The number of Topliss-reactive ketones (excluding diaryl/α,β-unsaturated/α-hetero) is 2. The molecule has 37 heavy (non-hydrogen) atoms. The lowest BCUT2D eigenvalue weighted by Crippen LogP contribution is -2.47. The molecule has 1 aliphatic rings. The molecule has 1 aromatic carbocycles. The third kappa shape index (κ3) is 9.41. The summed E-state index contributed by atoms with van der Waals surface area (Å²) in [5.41, 5.74) is 1.22. The Kier molecular flexibility index (Phi) is 13.7. The Morgan fingerprint density at radius 3 is 2.38 bits per heavy atom. The zero-order valence-electron chi connectivity index (χ0n) is 22.8. The molecule has 0 heterocycles. The topological polar surface area (TPSA) is 110 Å². The lowest BCUT2D eigenvalue weighted by molar-refractivity contribution is -0.147. The van der Waals surface area contributed by atoms with Crippen molar-refractivity contribution >= 4 is 29.3 Å². The number of aromatic hydroxyl groups is 1. The summed E-state index contributed by atoms with van der Waals surface area (Å²) >= 11 is 1.67. The van der Waals surface area contributed by atoms with Crippen molar-refractivity contribution in [3.05, 3.63) is 23.3 Å². The van der Waals surface area contributed by atoms with Crippen molar-refractivity contribution in [1.29, 1.82) is 0 Å². The van der Waals surface area contributed by atoms with E-state index in [1.807, 2.05) is 6.07 Å². The average molecular weight is 537 g/mol. The number of ketones is 2. The first-order chi connectivity index (χ1) is 17.7. The van der Waals surface area contributed by atoms with Gasteiger partial charge in [-0.1, -0.05) is 26.7 Å². The Bertz CT molecular complexity index is 900. The van der Waals surface area contributed by atoms with E-state index in [0.717, 1.165) is 61.2 Å². The predicted octanol–water partition coefficient (Wildman–Crippen LogP) is 6.08. The van der Waals surface area contributed by atoms with Crippen LogP contribution in [-0.2, 0) is 25.5 Å². The number of thioether (sulfide) groups is 1. The second-order valence-electron chi connectivity index (χ2n) is 9.94. The van der Waals surface area contributed by atoms with E-state index >= 15 is 0 Å². The van der Waals surface area contributed by atoms with Gasteiger partial charge in [-0.05, 0) is 64.5 Å². The summed E-state index contributed by atoms with van der Waals surface area (Å²) in [6.45, 7) is 8.18. The van der Waals surface area contributed by atoms with Gasteiger partial charge < -0.3 is 19.7 Å². The number of carboxylic acids is 1. The number of hydrogen-bond acceptors (Lipinski definition) is 7. The van der Waals surface area contributed by atoms with Gasteiger partial charge in [-0.15, -0.1) is 11.8 Å². The molecule has 0 radical (unpaired) electrons. The fourth-order valence-electron chi connectivity index (χ4n) is 5.24. The van der Waals surface area contributed by atoms with E-state index in [1.54, 1.807) is 24.8 Å². The minimum absolute atomic E-state index is 0.0135. The number of benzene rings is 1. The van der Waals surface area contributed by atoms with E-state index in [1.165, 1.54) is 6.92 Å². The monoisotopic (exact) mass is 536 g/mol. The summed E-state index contributed by atoms with van der Waals surface area (Å²) in [6.07, 6.45) is 6.10. The third-order valence-corrected chi connectivity index (χ3v) is 8.23. The van der Waals surface area contributed by atoms with Crippen LogP contribution in [0, 0.1) is 11.8 Å². The summed E-state index contributed by atoms with van der Waals surface area (Å²) < 4.78 is 12.5. The summed E-state index contributed by atoms with van der Waals surface area (Å²) in [4.78, 5) is 36.0. The summed E-state index contributed by atoms with van der Waals surface area (Å²) in [6, 6.07) is 3.63. The van der Waals surface area contributed by atoms with Crippen molar-refractivity contribution in [2.75, 3.05) is 19.0 Å². The van der Waals surface area contributed by atoms with Crippen LogP contribution < -0.4 is 0 Å². The number of aliphatic carboxylic acids is 1. The summed E-state index contributed by atoms with van der Waals surface area (Å²) in [5, 5.41) is 19.5. The Morgan fingerprint density at radius 2 is 1.76 bits per heavy atom. The van der Waals surface area contributed by atoms with Crippen LogP contribution in [0.25, 0.3) is 0 Å². The minimum atomic E-state index is -0.841. The standard InChI is InChI=1S/C29H44O7S/c1-5-9-23-25(14-12-22(20(4)31)29(23)36-16-7-11-27(32)33)35-17-8-18-37-26-15-13-21(19(3)30)28(34)24(26)10-6-2/h13,15,22-23,25,29,34H,5-12,14,16-18H2,1-4H3,(H,32,33). The average Bonchev–Trinajstić information content (AvgIpc) is 2.84. The van der Waals surface area contributed by atoms with Gasteiger partial charge in [-0.25, -0.2) is 0 Å². The molecule has 4 unspecified atom stereocenters. The molecular formula is C29H44O7S. The van der Waals surface area contributed by atoms with Crippen molar-refractivity contribution in [1.82, 2.24) is 0 Å². The maximum absolute atomic E-state index is 12.3. The molecule has 2 rings (SSSR count). The highest BCUT2D eigenvalue weighted by Gasteiger charge is 2.42. The lowest BCUT2D eigenvalue weighted by Gasteiger charge is -2.42. The summed E-state index contributed by atoms with van der Waals surface area (Å²) in [5.74, 6) is 0.0235. The first-order valence-corrected chi connectivity index (χ1v) is 14.6. The Balaban J connectivity index is 1.95. The largest absolute Gasteiger partial charge is 0.507 e. The zero-order valence-corrected chi connectivity index (χ0v) is 23.6. The molecular weight excluding hydrogens is 492 g/mol. The van der Waals surface area contributed by atoms with Gasteiger partial charge in [0.1, 0.15) is 11.5 Å². The lowest BCUT2D eigenvalue weighted by atomic mass is 9.73. The van der Waals surface area contributed by atoms with Crippen molar-refractivity contribution in [3.63, 3.8) is 0 Å². The molecule has 1 aromatic rings. The van der Waals surface area contributed by atoms with Gasteiger partial charge in [-0.2, -0.15) is 0 Å². The van der Waals surface area contributed by atoms with Crippen LogP contribution in [0.15, 0.2) is 17.0 Å².